The van der Waals surface area contributed by atoms with Gasteiger partial charge in [0.05, 0.1) is 11.0 Å². The van der Waals surface area contributed by atoms with Crippen molar-refractivity contribution in [3.63, 3.8) is 0 Å². The molecule has 0 unspecified atom stereocenters. The molecule has 2 nitrogen and oxygen atoms in total. The summed E-state index contributed by atoms with van der Waals surface area (Å²) < 4.78 is 2.39. The molecule has 100 valence electrons. The van der Waals surface area contributed by atoms with Crippen LogP contribution in [0.15, 0.2) is 48.5 Å². The van der Waals surface area contributed by atoms with E-state index in [-0.39, 0.29) is 0 Å². The quantitative estimate of drug-likeness (QED) is 0.632. The Kier molecular flexibility index (Phi) is 2.78. The van der Waals surface area contributed by atoms with Gasteiger partial charge in [-0.1, -0.05) is 36.4 Å². The first-order chi connectivity index (χ1) is 9.86. The third kappa shape index (κ3) is 1.92. The van der Waals surface area contributed by atoms with Gasteiger partial charge < -0.3 is 4.57 Å². The average Bonchev–Trinajstić information content (AvgIpc) is 3.27. The summed E-state index contributed by atoms with van der Waals surface area (Å²) in [5.74, 6) is 1.63. The van der Waals surface area contributed by atoms with Crippen LogP contribution < -0.4 is 0 Å². The molecule has 0 N–H and O–H groups in total. The number of fused-ring (bicyclic) bond motifs is 1. The standard InChI is InChI=1S/C17H15ClN2/c18-11-12-5-7-13(8-6-12)17-19-15-3-1-2-4-16(15)20(17)14-9-10-14/h1-8,14H,9-11H2. The summed E-state index contributed by atoms with van der Waals surface area (Å²) in [4.78, 5) is 4.83. The van der Waals surface area contributed by atoms with Crippen LogP contribution in [0.1, 0.15) is 24.4 Å². The summed E-state index contributed by atoms with van der Waals surface area (Å²) in [7, 11) is 0. The summed E-state index contributed by atoms with van der Waals surface area (Å²) in [6, 6.07) is 17.4. The van der Waals surface area contributed by atoms with Crippen molar-refractivity contribution in [2.24, 2.45) is 0 Å². The molecule has 4 rings (SSSR count). The molecule has 0 amide bonds. The second-order valence-electron chi connectivity index (χ2n) is 5.36. The molecule has 1 aromatic heterocycles. The van der Waals surface area contributed by atoms with Crippen molar-refractivity contribution in [2.45, 2.75) is 24.8 Å². The molecule has 1 aliphatic rings. The molecule has 1 fully saturated rings. The van der Waals surface area contributed by atoms with E-state index in [1.165, 1.54) is 23.9 Å². The molecule has 0 atom stereocenters. The number of imidazole rings is 1. The molecular weight excluding hydrogens is 268 g/mol. The lowest BCUT2D eigenvalue weighted by Crippen LogP contribution is -1.97. The molecule has 2 aromatic carbocycles. The molecule has 20 heavy (non-hydrogen) atoms. The maximum Gasteiger partial charge on any atom is 0.141 e. The van der Waals surface area contributed by atoms with E-state index in [1.54, 1.807) is 0 Å². The highest BCUT2D eigenvalue weighted by molar-refractivity contribution is 6.17. The maximum absolute atomic E-state index is 5.86. The minimum Gasteiger partial charge on any atom is -0.321 e. The minimum absolute atomic E-state index is 0.555. The predicted molar refractivity (Wildman–Crippen MR) is 83.0 cm³/mol. The zero-order valence-corrected chi connectivity index (χ0v) is 11.8. The van der Waals surface area contributed by atoms with Crippen LogP contribution in [0.25, 0.3) is 22.4 Å². The van der Waals surface area contributed by atoms with Gasteiger partial charge in [-0.05, 0) is 30.5 Å². The van der Waals surface area contributed by atoms with Gasteiger partial charge in [-0.3, -0.25) is 0 Å². The molecule has 0 bridgehead atoms. The Balaban J connectivity index is 1.91. The van der Waals surface area contributed by atoms with Crippen LogP contribution in [0.2, 0.25) is 0 Å². The molecule has 3 aromatic rings. The summed E-state index contributed by atoms with van der Waals surface area (Å²) in [6.45, 7) is 0. The predicted octanol–water partition coefficient (Wildman–Crippen LogP) is 4.78. The number of rotatable bonds is 3. The van der Waals surface area contributed by atoms with E-state index in [0.29, 0.717) is 11.9 Å². The molecule has 3 heteroatoms. The fourth-order valence-corrected chi connectivity index (χ4v) is 2.87. The fourth-order valence-electron chi connectivity index (χ4n) is 2.69. The normalized spacial score (nSPS) is 14.8. The fraction of sp³-hybridized carbons (Fsp3) is 0.235. The first-order valence-electron chi connectivity index (χ1n) is 6.99. The number of aromatic nitrogens is 2. The van der Waals surface area contributed by atoms with Gasteiger partial charge in [-0.25, -0.2) is 4.98 Å². The van der Waals surface area contributed by atoms with Crippen LogP contribution in [0.5, 0.6) is 0 Å². The Morgan fingerprint density at radius 1 is 1.05 bits per heavy atom. The highest BCUT2D eigenvalue weighted by Crippen LogP contribution is 2.41. The highest BCUT2D eigenvalue weighted by Gasteiger charge is 2.28. The van der Waals surface area contributed by atoms with Gasteiger partial charge in [0.25, 0.3) is 0 Å². The van der Waals surface area contributed by atoms with Crippen molar-refractivity contribution in [3.05, 3.63) is 54.1 Å². The monoisotopic (exact) mass is 282 g/mol. The molecule has 0 aliphatic heterocycles. The van der Waals surface area contributed by atoms with Gasteiger partial charge in [0.1, 0.15) is 5.82 Å². The average molecular weight is 283 g/mol. The number of hydrogen-bond acceptors (Lipinski definition) is 1. The number of halogens is 1. The summed E-state index contributed by atoms with van der Waals surface area (Å²) in [5.41, 5.74) is 4.63. The number of hydrogen-bond donors (Lipinski definition) is 0. The number of nitrogens with zero attached hydrogens (tertiary/aromatic N) is 2. The topological polar surface area (TPSA) is 17.8 Å². The van der Waals surface area contributed by atoms with Crippen LogP contribution in [0, 0.1) is 0 Å². The van der Waals surface area contributed by atoms with E-state index in [2.05, 4.69) is 47.0 Å². The van der Waals surface area contributed by atoms with E-state index >= 15 is 0 Å². The summed E-state index contributed by atoms with van der Waals surface area (Å²) in [6.07, 6.45) is 2.51. The number of para-hydroxylation sites is 2. The van der Waals surface area contributed by atoms with E-state index in [4.69, 9.17) is 16.6 Å². The van der Waals surface area contributed by atoms with E-state index in [1.807, 2.05) is 6.07 Å². The van der Waals surface area contributed by atoms with Gasteiger partial charge >= 0.3 is 0 Å². The lowest BCUT2D eigenvalue weighted by molar-refractivity contribution is 0.775. The maximum atomic E-state index is 5.86. The van der Waals surface area contributed by atoms with Crippen LogP contribution in [-0.2, 0) is 5.88 Å². The largest absolute Gasteiger partial charge is 0.321 e. The zero-order valence-electron chi connectivity index (χ0n) is 11.1. The van der Waals surface area contributed by atoms with Crippen molar-refractivity contribution in [1.82, 2.24) is 9.55 Å². The van der Waals surface area contributed by atoms with Gasteiger partial charge in [-0.2, -0.15) is 0 Å². The Morgan fingerprint density at radius 2 is 1.80 bits per heavy atom. The second-order valence-corrected chi connectivity index (χ2v) is 5.62. The molecule has 1 aliphatic carbocycles. The van der Waals surface area contributed by atoms with Gasteiger partial charge in [0.15, 0.2) is 0 Å². The minimum atomic E-state index is 0.555. The van der Waals surface area contributed by atoms with E-state index in [0.717, 1.165) is 16.9 Å². The Morgan fingerprint density at radius 3 is 2.50 bits per heavy atom. The Bertz CT molecular complexity index is 754. The van der Waals surface area contributed by atoms with Crippen LogP contribution in [0.3, 0.4) is 0 Å². The van der Waals surface area contributed by atoms with E-state index in [9.17, 15) is 0 Å². The van der Waals surface area contributed by atoms with Crippen LogP contribution >= 0.6 is 11.6 Å². The Hall–Kier alpha value is -1.80. The van der Waals surface area contributed by atoms with Gasteiger partial charge in [0.2, 0.25) is 0 Å². The lowest BCUT2D eigenvalue weighted by atomic mass is 10.1. The van der Waals surface area contributed by atoms with Crippen LogP contribution in [-0.4, -0.2) is 9.55 Å². The molecular formula is C17H15ClN2. The lowest BCUT2D eigenvalue weighted by Gasteiger charge is -2.08. The highest BCUT2D eigenvalue weighted by atomic mass is 35.5. The van der Waals surface area contributed by atoms with Crippen molar-refractivity contribution in [1.29, 1.82) is 0 Å². The smallest absolute Gasteiger partial charge is 0.141 e. The molecule has 0 spiro atoms. The van der Waals surface area contributed by atoms with Gasteiger partial charge in [0, 0.05) is 17.5 Å². The van der Waals surface area contributed by atoms with Crippen molar-refractivity contribution >= 4 is 22.6 Å². The van der Waals surface area contributed by atoms with Crippen molar-refractivity contribution < 1.29 is 0 Å². The molecule has 1 saturated carbocycles. The van der Waals surface area contributed by atoms with Crippen LogP contribution in [0.4, 0.5) is 0 Å². The third-order valence-electron chi connectivity index (χ3n) is 3.87. The molecule has 0 radical (unpaired) electrons. The van der Waals surface area contributed by atoms with Crippen molar-refractivity contribution in [3.8, 4) is 11.4 Å². The zero-order chi connectivity index (χ0) is 13.5. The summed E-state index contributed by atoms with van der Waals surface area (Å²) >= 11 is 5.86. The Labute approximate surface area is 123 Å². The SMILES string of the molecule is ClCc1ccc(-c2nc3ccccc3n2C2CC2)cc1. The first kappa shape index (κ1) is 12.0. The number of benzene rings is 2. The van der Waals surface area contributed by atoms with Gasteiger partial charge in [-0.15, -0.1) is 11.6 Å². The molecule has 1 heterocycles. The van der Waals surface area contributed by atoms with Crippen molar-refractivity contribution in [2.75, 3.05) is 0 Å². The first-order valence-corrected chi connectivity index (χ1v) is 7.52. The third-order valence-corrected chi connectivity index (χ3v) is 4.18. The molecule has 0 saturated heterocycles. The van der Waals surface area contributed by atoms with E-state index < -0.39 is 0 Å². The summed E-state index contributed by atoms with van der Waals surface area (Å²) in [5, 5.41) is 0. The number of alkyl halides is 1. The second kappa shape index (κ2) is 4.64.